The van der Waals surface area contributed by atoms with E-state index in [4.69, 9.17) is 4.74 Å². The Balaban J connectivity index is 2.00. The molecule has 0 saturated heterocycles. The van der Waals surface area contributed by atoms with Crippen LogP contribution in [0.3, 0.4) is 0 Å². The number of benzene rings is 1. The van der Waals surface area contributed by atoms with E-state index in [2.05, 4.69) is 15.3 Å². The van der Waals surface area contributed by atoms with E-state index in [-0.39, 0.29) is 11.9 Å². The van der Waals surface area contributed by atoms with Crippen molar-refractivity contribution in [2.24, 2.45) is 0 Å². The van der Waals surface area contributed by atoms with E-state index < -0.39 is 0 Å². The summed E-state index contributed by atoms with van der Waals surface area (Å²) in [5.41, 5.74) is 2.41. The van der Waals surface area contributed by atoms with Gasteiger partial charge in [0.15, 0.2) is 0 Å². The third-order valence-corrected chi connectivity index (χ3v) is 5.43. The lowest BCUT2D eigenvalue weighted by Gasteiger charge is -2.15. The maximum atomic E-state index is 12.0. The highest BCUT2D eigenvalue weighted by Crippen LogP contribution is 2.35. The molecule has 3 rings (SSSR count). The Bertz CT molecular complexity index is 1030. The molecule has 1 aromatic carbocycles. The number of esters is 1. The van der Waals surface area contributed by atoms with Crippen LogP contribution in [0, 0.1) is 13.8 Å². The molecule has 0 spiro atoms. The molecule has 7 nitrogen and oxygen atoms in total. The van der Waals surface area contributed by atoms with Crippen LogP contribution in [0.15, 0.2) is 24.3 Å². The zero-order chi connectivity index (χ0) is 19.7. The van der Waals surface area contributed by atoms with Crippen molar-refractivity contribution in [3.8, 4) is 0 Å². The van der Waals surface area contributed by atoms with Gasteiger partial charge in [0.2, 0.25) is 5.91 Å². The summed E-state index contributed by atoms with van der Waals surface area (Å²) in [7, 11) is 3.09. The molecule has 8 heteroatoms. The van der Waals surface area contributed by atoms with Gasteiger partial charge in [0.25, 0.3) is 0 Å². The molecule has 2 aromatic heterocycles. The van der Waals surface area contributed by atoms with Crippen LogP contribution in [0.25, 0.3) is 10.2 Å². The van der Waals surface area contributed by atoms with Gasteiger partial charge >= 0.3 is 5.97 Å². The summed E-state index contributed by atoms with van der Waals surface area (Å²) in [4.78, 5) is 35.3. The van der Waals surface area contributed by atoms with Crippen LogP contribution < -0.4 is 10.2 Å². The zero-order valence-electron chi connectivity index (χ0n) is 15.8. The largest absolute Gasteiger partial charge is 0.465 e. The van der Waals surface area contributed by atoms with E-state index in [1.54, 1.807) is 11.9 Å². The van der Waals surface area contributed by atoms with Gasteiger partial charge < -0.3 is 15.0 Å². The van der Waals surface area contributed by atoms with Gasteiger partial charge in [0.05, 0.1) is 12.5 Å². The number of carbonyl (C=O) groups is 2. The molecule has 2 heterocycles. The first-order valence-electron chi connectivity index (χ1n) is 8.29. The smallest absolute Gasteiger partial charge is 0.348 e. The molecule has 1 amide bonds. The molecule has 27 heavy (non-hydrogen) atoms. The molecule has 1 N–H and O–H groups in total. The van der Waals surface area contributed by atoms with E-state index in [1.165, 1.54) is 25.4 Å². The van der Waals surface area contributed by atoms with Gasteiger partial charge in [-0.05, 0) is 43.7 Å². The summed E-state index contributed by atoms with van der Waals surface area (Å²) < 4.78 is 4.86. The van der Waals surface area contributed by atoms with Crippen molar-refractivity contribution in [1.82, 2.24) is 9.97 Å². The Hall–Kier alpha value is -3.00. The van der Waals surface area contributed by atoms with Gasteiger partial charge in [-0.3, -0.25) is 4.79 Å². The molecular formula is C19H20N4O3S. The van der Waals surface area contributed by atoms with Crippen molar-refractivity contribution < 1.29 is 14.3 Å². The van der Waals surface area contributed by atoms with Gasteiger partial charge in [0, 0.05) is 25.3 Å². The van der Waals surface area contributed by atoms with Crippen molar-refractivity contribution in [1.29, 1.82) is 0 Å². The van der Waals surface area contributed by atoms with Gasteiger partial charge in [-0.15, -0.1) is 11.3 Å². The second-order valence-electron chi connectivity index (χ2n) is 6.10. The molecular weight excluding hydrogens is 364 g/mol. The minimum absolute atomic E-state index is 0.0342. The number of carbonyl (C=O) groups excluding carboxylic acids is 2. The number of amides is 1. The average molecular weight is 384 g/mol. The third kappa shape index (κ3) is 3.61. The van der Waals surface area contributed by atoms with E-state index in [9.17, 15) is 9.59 Å². The van der Waals surface area contributed by atoms with Crippen molar-refractivity contribution in [2.75, 3.05) is 24.4 Å². The van der Waals surface area contributed by atoms with E-state index >= 15 is 0 Å². The number of methoxy groups -OCH3 is 1. The number of rotatable bonds is 4. The van der Waals surface area contributed by atoms with Crippen LogP contribution in [0.5, 0.6) is 0 Å². The van der Waals surface area contributed by atoms with Gasteiger partial charge in [0.1, 0.15) is 21.3 Å². The first kappa shape index (κ1) is 18.8. The number of ether oxygens (including phenoxy) is 1. The molecule has 0 atom stereocenters. The highest BCUT2D eigenvalue weighted by Gasteiger charge is 2.20. The number of aromatic nitrogens is 2. The van der Waals surface area contributed by atoms with E-state index in [0.717, 1.165) is 27.2 Å². The first-order valence-corrected chi connectivity index (χ1v) is 9.11. The third-order valence-electron chi connectivity index (χ3n) is 4.26. The summed E-state index contributed by atoms with van der Waals surface area (Å²) >= 11 is 1.30. The summed E-state index contributed by atoms with van der Waals surface area (Å²) in [6.07, 6.45) is 0. The predicted octanol–water partition coefficient (Wildman–Crippen LogP) is 3.82. The number of anilines is 3. The van der Waals surface area contributed by atoms with Crippen LogP contribution in [0.4, 0.5) is 17.2 Å². The quantitative estimate of drug-likeness (QED) is 0.689. The molecule has 0 radical (unpaired) electrons. The summed E-state index contributed by atoms with van der Waals surface area (Å²) in [5.74, 6) is 0.827. The number of fused-ring (bicyclic) bond motifs is 1. The molecule has 140 valence electrons. The van der Waals surface area contributed by atoms with Crippen LogP contribution in [-0.4, -0.2) is 36.0 Å². The normalized spacial score (nSPS) is 10.7. The molecule has 0 bridgehead atoms. The highest BCUT2D eigenvalue weighted by atomic mass is 32.1. The van der Waals surface area contributed by atoms with Crippen LogP contribution in [-0.2, 0) is 9.53 Å². The molecule has 0 aliphatic carbocycles. The van der Waals surface area contributed by atoms with Crippen molar-refractivity contribution in [2.45, 2.75) is 20.8 Å². The zero-order valence-corrected chi connectivity index (χ0v) is 16.6. The fourth-order valence-electron chi connectivity index (χ4n) is 2.71. The Morgan fingerprint density at radius 2 is 1.81 bits per heavy atom. The molecule has 0 aliphatic heterocycles. The first-order chi connectivity index (χ1) is 12.8. The number of thiophene rings is 1. The Kier molecular flexibility index (Phi) is 5.09. The predicted molar refractivity (Wildman–Crippen MR) is 107 cm³/mol. The van der Waals surface area contributed by atoms with Gasteiger partial charge in [-0.1, -0.05) is 0 Å². The number of hydrogen-bond acceptors (Lipinski definition) is 7. The van der Waals surface area contributed by atoms with Gasteiger partial charge in [-0.25, -0.2) is 14.8 Å². The Morgan fingerprint density at radius 1 is 1.15 bits per heavy atom. The molecule has 0 unspecified atom stereocenters. The monoisotopic (exact) mass is 384 g/mol. The fraction of sp³-hybridized carbons (Fsp3) is 0.263. The minimum atomic E-state index is -0.379. The second-order valence-corrected chi connectivity index (χ2v) is 7.10. The number of hydrogen-bond donors (Lipinski definition) is 1. The lowest BCUT2D eigenvalue weighted by Crippen LogP contribution is -2.22. The minimum Gasteiger partial charge on any atom is -0.465 e. The van der Waals surface area contributed by atoms with E-state index in [0.29, 0.717) is 16.5 Å². The Labute approximate surface area is 161 Å². The van der Waals surface area contributed by atoms with Crippen molar-refractivity contribution in [3.05, 3.63) is 40.5 Å². The SMILES string of the molecule is COC(=O)c1sc2nc(C)nc(Nc3ccc(N(C)C(C)=O)cc3)c2c1C. The molecule has 3 aromatic rings. The Morgan fingerprint density at radius 3 is 2.41 bits per heavy atom. The number of aryl methyl sites for hydroxylation is 2. The second kappa shape index (κ2) is 7.32. The average Bonchev–Trinajstić information content (AvgIpc) is 2.97. The molecule has 0 fully saturated rings. The van der Waals surface area contributed by atoms with Crippen LogP contribution >= 0.6 is 11.3 Å². The lowest BCUT2D eigenvalue weighted by atomic mass is 10.2. The summed E-state index contributed by atoms with van der Waals surface area (Å²) in [6.45, 7) is 5.19. The number of nitrogens with zero attached hydrogens (tertiary/aromatic N) is 3. The molecule has 0 aliphatic rings. The van der Waals surface area contributed by atoms with Crippen LogP contribution in [0.2, 0.25) is 0 Å². The number of nitrogens with one attached hydrogen (secondary N) is 1. The van der Waals surface area contributed by atoms with Crippen LogP contribution in [0.1, 0.15) is 28.0 Å². The summed E-state index contributed by atoms with van der Waals surface area (Å²) in [6, 6.07) is 7.46. The van der Waals surface area contributed by atoms with Crippen molar-refractivity contribution >= 4 is 50.6 Å². The summed E-state index contributed by atoms with van der Waals surface area (Å²) in [5, 5.41) is 4.10. The topological polar surface area (TPSA) is 84.4 Å². The van der Waals surface area contributed by atoms with E-state index in [1.807, 2.05) is 38.1 Å². The standard InChI is InChI=1S/C19H20N4O3S/c1-10-15-17(20-11(2)21-18(15)27-16(10)19(25)26-5)22-13-6-8-14(9-7-13)23(4)12(3)24/h6-9H,1-5H3,(H,20,21,22). The van der Waals surface area contributed by atoms with Crippen molar-refractivity contribution in [3.63, 3.8) is 0 Å². The lowest BCUT2D eigenvalue weighted by molar-refractivity contribution is -0.116. The maximum absolute atomic E-state index is 12.0. The maximum Gasteiger partial charge on any atom is 0.348 e. The van der Waals surface area contributed by atoms with Gasteiger partial charge in [-0.2, -0.15) is 0 Å². The highest BCUT2D eigenvalue weighted by molar-refractivity contribution is 7.20. The fourth-order valence-corrected chi connectivity index (χ4v) is 3.86. The molecule has 0 saturated carbocycles.